The SMILES string of the molecule is CCCC1CCC(C(Cc2ccc(Br)cc2Cl)NN)CC1. The number of hydrogen-bond acceptors (Lipinski definition) is 2. The monoisotopic (exact) mass is 372 g/mol. The molecule has 2 nitrogen and oxygen atoms in total. The predicted octanol–water partition coefficient (Wildman–Crippen LogP) is 5.08. The zero-order chi connectivity index (χ0) is 15.2. The van der Waals surface area contributed by atoms with Crippen molar-refractivity contribution in [1.29, 1.82) is 0 Å². The number of rotatable bonds is 6. The van der Waals surface area contributed by atoms with Crippen molar-refractivity contribution in [1.82, 2.24) is 5.43 Å². The Kier molecular flexibility index (Phi) is 7.00. The molecule has 0 amide bonds. The summed E-state index contributed by atoms with van der Waals surface area (Å²) in [5, 5.41) is 0.823. The molecule has 1 unspecified atom stereocenters. The van der Waals surface area contributed by atoms with Gasteiger partial charge in [0.2, 0.25) is 0 Å². The highest BCUT2D eigenvalue weighted by Crippen LogP contribution is 2.34. The van der Waals surface area contributed by atoms with Crippen molar-refractivity contribution in [3.8, 4) is 0 Å². The summed E-state index contributed by atoms with van der Waals surface area (Å²) in [6.45, 7) is 2.28. The van der Waals surface area contributed by atoms with Gasteiger partial charge in [0.15, 0.2) is 0 Å². The molecule has 0 aliphatic heterocycles. The van der Waals surface area contributed by atoms with E-state index in [4.69, 9.17) is 17.4 Å². The van der Waals surface area contributed by atoms with E-state index < -0.39 is 0 Å². The molecule has 1 aromatic carbocycles. The maximum absolute atomic E-state index is 6.34. The molecular weight excluding hydrogens is 348 g/mol. The van der Waals surface area contributed by atoms with E-state index in [9.17, 15) is 0 Å². The fraction of sp³-hybridized carbons (Fsp3) is 0.647. The van der Waals surface area contributed by atoms with E-state index in [0.717, 1.165) is 21.8 Å². The first-order valence-corrected chi connectivity index (χ1v) is 9.21. The molecule has 0 heterocycles. The molecule has 3 N–H and O–H groups in total. The Hall–Kier alpha value is -0.0900. The first-order chi connectivity index (χ1) is 10.1. The molecule has 0 spiro atoms. The van der Waals surface area contributed by atoms with Crippen LogP contribution in [0.5, 0.6) is 0 Å². The smallest absolute Gasteiger partial charge is 0.0449 e. The molecule has 1 atom stereocenters. The van der Waals surface area contributed by atoms with E-state index in [1.807, 2.05) is 12.1 Å². The second-order valence-electron chi connectivity index (χ2n) is 6.28. The summed E-state index contributed by atoms with van der Waals surface area (Å²) >= 11 is 9.79. The van der Waals surface area contributed by atoms with Gasteiger partial charge in [0, 0.05) is 15.5 Å². The Morgan fingerprint density at radius 2 is 2.05 bits per heavy atom. The lowest BCUT2D eigenvalue weighted by atomic mass is 9.76. The van der Waals surface area contributed by atoms with E-state index >= 15 is 0 Å². The molecule has 2 rings (SSSR count). The summed E-state index contributed by atoms with van der Waals surface area (Å²) < 4.78 is 1.02. The van der Waals surface area contributed by atoms with Gasteiger partial charge in [0.1, 0.15) is 0 Å². The molecule has 21 heavy (non-hydrogen) atoms. The van der Waals surface area contributed by atoms with Crippen LogP contribution in [0.3, 0.4) is 0 Å². The van der Waals surface area contributed by atoms with Crippen molar-refractivity contribution in [2.24, 2.45) is 17.7 Å². The standard InChI is InChI=1S/C17H26BrClN2/c1-2-3-12-4-6-13(7-5-12)17(21-20)10-14-8-9-15(18)11-16(14)19/h8-9,11-13,17,21H,2-7,10,20H2,1H3. The molecule has 0 saturated heterocycles. The van der Waals surface area contributed by atoms with E-state index in [1.165, 1.54) is 44.1 Å². The molecule has 0 bridgehead atoms. The fourth-order valence-electron chi connectivity index (χ4n) is 3.57. The maximum atomic E-state index is 6.34. The highest BCUT2D eigenvalue weighted by molar-refractivity contribution is 9.10. The summed E-state index contributed by atoms with van der Waals surface area (Å²) in [6, 6.07) is 6.43. The maximum Gasteiger partial charge on any atom is 0.0449 e. The topological polar surface area (TPSA) is 38.0 Å². The van der Waals surface area contributed by atoms with Crippen LogP contribution in [0.2, 0.25) is 5.02 Å². The summed E-state index contributed by atoms with van der Waals surface area (Å²) in [7, 11) is 0. The second kappa shape index (κ2) is 8.52. The van der Waals surface area contributed by atoms with Gasteiger partial charge in [-0.25, -0.2) is 0 Å². The van der Waals surface area contributed by atoms with Gasteiger partial charge in [-0.15, -0.1) is 0 Å². The summed E-state index contributed by atoms with van der Waals surface area (Å²) in [6.07, 6.45) is 8.87. The lowest BCUT2D eigenvalue weighted by Gasteiger charge is -2.33. The minimum absolute atomic E-state index is 0.325. The number of benzene rings is 1. The number of halogens is 2. The van der Waals surface area contributed by atoms with Gasteiger partial charge in [-0.05, 0) is 48.8 Å². The van der Waals surface area contributed by atoms with Crippen LogP contribution in [0, 0.1) is 11.8 Å². The normalized spacial score (nSPS) is 24.0. The van der Waals surface area contributed by atoms with Crippen LogP contribution in [0.4, 0.5) is 0 Å². The Morgan fingerprint density at radius 3 is 2.62 bits per heavy atom. The third-order valence-electron chi connectivity index (χ3n) is 4.83. The molecule has 1 aliphatic rings. The molecule has 1 fully saturated rings. The fourth-order valence-corrected chi connectivity index (χ4v) is 4.32. The van der Waals surface area contributed by atoms with Crippen LogP contribution in [-0.4, -0.2) is 6.04 Å². The minimum atomic E-state index is 0.325. The van der Waals surface area contributed by atoms with Gasteiger partial charge in [-0.1, -0.05) is 66.2 Å². The highest BCUT2D eigenvalue weighted by atomic mass is 79.9. The van der Waals surface area contributed by atoms with Crippen LogP contribution in [0.25, 0.3) is 0 Å². The van der Waals surface area contributed by atoms with Crippen molar-refractivity contribution in [2.75, 3.05) is 0 Å². The van der Waals surface area contributed by atoms with E-state index in [-0.39, 0.29) is 0 Å². The molecule has 4 heteroatoms. The molecular formula is C17H26BrClN2. The zero-order valence-electron chi connectivity index (χ0n) is 12.7. The van der Waals surface area contributed by atoms with Crippen LogP contribution in [-0.2, 0) is 6.42 Å². The van der Waals surface area contributed by atoms with Crippen molar-refractivity contribution >= 4 is 27.5 Å². The largest absolute Gasteiger partial charge is 0.271 e. The summed E-state index contributed by atoms with van der Waals surface area (Å²) in [5.74, 6) is 7.42. The third kappa shape index (κ3) is 4.95. The van der Waals surface area contributed by atoms with Crippen molar-refractivity contribution in [3.63, 3.8) is 0 Å². The van der Waals surface area contributed by atoms with Crippen molar-refractivity contribution < 1.29 is 0 Å². The first kappa shape index (κ1) is 17.3. The highest BCUT2D eigenvalue weighted by Gasteiger charge is 2.27. The molecule has 118 valence electrons. The average molecular weight is 374 g/mol. The second-order valence-corrected chi connectivity index (χ2v) is 7.61. The predicted molar refractivity (Wildman–Crippen MR) is 94.3 cm³/mol. The van der Waals surface area contributed by atoms with E-state index in [1.54, 1.807) is 0 Å². The van der Waals surface area contributed by atoms with Gasteiger partial charge in [0.25, 0.3) is 0 Å². The Labute approximate surface area is 141 Å². The summed E-state index contributed by atoms with van der Waals surface area (Å²) in [5.41, 5.74) is 4.22. The average Bonchev–Trinajstić information content (AvgIpc) is 2.48. The molecule has 1 aromatic rings. The van der Waals surface area contributed by atoms with E-state index in [0.29, 0.717) is 12.0 Å². The Balaban J connectivity index is 1.94. The zero-order valence-corrected chi connectivity index (χ0v) is 15.1. The summed E-state index contributed by atoms with van der Waals surface area (Å²) in [4.78, 5) is 0. The number of nitrogens with one attached hydrogen (secondary N) is 1. The first-order valence-electron chi connectivity index (χ1n) is 8.04. The molecule has 1 saturated carbocycles. The van der Waals surface area contributed by atoms with Gasteiger partial charge >= 0.3 is 0 Å². The lowest BCUT2D eigenvalue weighted by molar-refractivity contribution is 0.213. The van der Waals surface area contributed by atoms with Crippen molar-refractivity contribution in [3.05, 3.63) is 33.3 Å². The molecule has 0 radical (unpaired) electrons. The number of hydrogen-bond donors (Lipinski definition) is 2. The van der Waals surface area contributed by atoms with Crippen LogP contribution in [0.15, 0.2) is 22.7 Å². The van der Waals surface area contributed by atoms with Gasteiger partial charge in [0.05, 0.1) is 0 Å². The molecule has 1 aliphatic carbocycles. The van der Waals surface area contributed by atoms with E-state index in [2.05, 4.69) is 34.3 Å². The third-order valence-corrected chi connectivity index (χ3v) is 5.67. The quantitative estimate of drug-likeness (QED) is 0.539. The minimum Gasteiger partial charge on any atom is -0.271 e. The Morgan fingerprint density at radius 1 is 1.33 bits per heavy atom. The number of hydrazine groups is 1. The number of nitrogens with two attached hydrogens (primary N) is 1. The van der Waals surface area contributed by atoms with Gasteiger partial charge < -0.3 is 0 Å². The Bertz CT molecular complexity index is 444. The lowest BCUT2D eigenvalue weighted by Crippen LogP contribution is -2.43. The van der Waals surface area contributed by atoms with Crippen LogP contribution >= 0.6 is 27.5 Å². The van der Waals surface area contributed by atoms with Crippen molar-refractivity contribution in [2.45, 2.75) is 57.9 Å². The van der Waals surface area contributed by atoms with Gasteiger partial charge in [-0.3, -0.25) is 11.3 Å². The van der Waals surface area contributed by atoms with Crippen LogP contribution < -0.4 is 11.3 Å². The molecule has 0 aromatic heterocycles. The van der Waals surface area contributed by atoms with Crippen LogP contribution in [0.1, 0.15) is 51.0 Å². The van der Waals surface area contributed by atoms with Gasteiger partial charge in [-0.2, -0.15) is 0 Å².